The predicted molar refractivity (Wildman–Crippen MR) is 128 cm³/mol. The van der Waals surface area contributed by atoms with E-state index in [1.807, 2.05) is 43.5 Å². The van der Waals surface area contributed by atoms with Crippen LogP contribution in [0.2, 0.25) is 0 Å². The van der Waals surface area contributed by atoms with E-state index < -0.39 is 0 Å². The highest BCUT2D eigenvalue weighted by Gasteiger charge is 2.26. The number of carbonyl (C=O) groups is 1. The van der Waals surface area contributed by atoms with Gasteiger partial charge in [0.15, 0.2) is 33.7 Å². The number of benzene rings is 1. The van der Waals surface area contributed by atoms with Crippen molar-refractivity contribution in [1.82, 2.24) is 19.7 Å². The summed E-state index contributed by atoms with van der Waals surface area (Å²) in [5.74, 6) is 2.29. The summed E-state index contributed by atoms with van der Waals surface area (Å²) in [4.78, 5) is 16.9. The largest absolute Gasteiger partial charge is 0.493 e. The van der Waals surface area contributed by atoms with Crippen molar-refractivity contribution in [1.29, 1.82) is 0 Å². The molecule has 0 spiro atoms. The number of carbonyl (C=O) groups excluding carboxylic acids is 1. The maximum atomic E-state index is 12.8. The standard InChI is InChI=1S/C22H29N5O3S2/c1-6-18(20(28)24-21-23-11-12-31-21)32-22-26-25-19(27(22)13-14(2)3)15(4)30-17-10-8-7-9-16(17)29-5/h7-12,14-15,18H,6,13H2,1-5H3,(H,23,24,28). The van der Waals surface area contributed by atoms with Gasteiger partial charge < -0.3 is 19.4 Å². The lowest BCUT2D eigenvalue weighted by atomic mass is 10.2. The second-order valence-corrected chi connectivity index (χ2v) is 9.66. The Balaban J connectivity index is 1.81. The molecule has 172 valence electrons. The third-order valence-electron chi connectivity index (χ3n) is 4.60. The first kappa shape index (κ1) is 24.1. The van der Waals surface area contributed by atoms with E-state index in [0.29, 0.717) is 40.0 Å². The van der Waals surface area contributed by atoms with Crippen LogP contribution in [0.4, 0.5) is 5.13 Å². The second-order valence-electron chi connectivity index (χ2n) is 7.60. The van der Waals surface area contributed by atoms with Crippen LogP contribution in [0.25, 0.3) is 0 Å². The molecule has 1 amide bonds. The lowest BCUT2D eigenvalue weighted by Crippen LogP contribution is -2.25. The van der Waals surface area contributed by atoms with E-state index in [9.17, 15) is 4.79 Å². The van der Waals surface area contributed by atoms with Gasteiger partial charge in [0.2, 0.25) is 5.91 Å². The van der Waals surface area contributed by atoms with Gasteiger partial charge in [-0.15, -0.1) is 21.5 Å². The van der Waals surface area contributed by atoms with Gasteiger partial charge in [-0.3, -0.25) is 4.79 Å². The molecule has 0 aliphatic carbocycles. The van der Waals surface area contributed by atoms with E-state index in [-0.39, 0.29) is 17.3 Å². The first-order chi connectivity index (χ1) is 15.4. The number of anilines is 1. The zero-order valence-electron chi connectivity index (χ0n) is 18.9. The van der Waals surface area contributed by atoms with Crippen LogP contribution in [0.5, 0.6) is 11.5 Å². The van der Waals surface area contributed by atoms with Gasteiger partial charge in [-0.2, -0.15) is 0 Å². The summed E-state index contributed by atoms with van der Waals surface area (Å²) < 4.78 is 13.6. The van der Waals surface area contributed by atoms with Crippen molar-refractivity contribution in [3.05, 3.63) is 41.7 Å². The van der Waals surface area contributed by atoms with Gasteiger partial charge in [-0.05, 0) is 31.4 Å². The van der Waals surface area contributed by atoms with E-state index in [1.54, 1.807) is 13.3 Å². The molecule has 0 saturated heterocycles. The van der Waals surface area contributed by atoms with E-state index in [2.05, 4.69) is 38.9 Å². The number of hydrogen-bond donors (Lipinski definition) is 1. The van der Waals surface area contributed by atoms with E-state index in [4.69, 9.17) is 9.47 Å². The Kier molecular flexibility index (Phi) is 8.52. The summed E-state index contributed by atoms with van der Waals surface area (Å²) in [5.41, 5.74) is 0. The molecule has 0 radical (unpaired) electrons. The summed E-state index contributed by atoms with van der Waals surface area (Å²) in [5, 5.41) is 14.5. The molecule has 10 heteroatoms. The quantitative estimate of drug-likeness (QED) is 0.388. The van der Waals surface area contributed by atoms with Crippen LogP contribution in [0.1, 0.15) is 46.0 Å². The van der Waals surface area contributed by atoms with Crippen LogP contribution in [0, 0.1) is 5.92 Å². The van der Waals surface area contributed by atoms with Crippen molar-refractivity contribution in [3.63, 3.8) is 0 Å². The zero-order chi connectivity index (χ0) is 23.1. The Morgan fingerprint density at radius 3 is 2.59 bits per heavy atom. The topological polar surface area (TPSA) is 91.2 Å². The highest BCUT2D eigenvalue weighted by molar-refractivity contribution is 8.00. The Hall–Kier alpha value is -2.59. The third-order valence-corrected chi connectivity index (χ3v) is 6.64. The molecule has 0 aliphatic heterocycles. The van der Waals surface area contributed by atoms with Crippen LogP contribution in [-0.2, 0) is 11.3 Å². The summed E-state index contributed by atoms with van der Waals surface area (Å²) in [6, 6.07) is 7.52. The molecule has 1 aromatic carbocycles. The molecule has 32 heavy (non-hydrogen) atoms. The Morgan fingerprint density at radius 2 is 1.97 bits per heavy atom. The molecule has 0 saturated carbocycles. The third kappa shape index (κ3) is 6.01. The Bertz CT molecular complexity index is 1010. The summed E-state index contributed by atoms with van der Waals surface area (Å²) in [6.07, 6.45) is 1.97. The summed E-state index contributed by atoms with van der Waals surface area (Å²) >= 11 is 2.81. The number of ether oxygens (including phenoxy) is 2. The van der Waals surface area contributed by atoms with Gasteiger partial charge >= 0.3 is 0 Å². The number of nitrogens with zero attached hydrogens (tertiary/aromatic N) is 4. The van der Waals surface area contributed by atoms with Gasteiger partial charge in [0.1, 0.15) is 0 Å². The maximum Gasteiger partial charge on any atom is 0.239 e. The lowest BCUT2D eigenvalue weighted by molar-refractivity contribution is -0.115. The number of aromatic nitrogens is 4. The van der Waals surface area contributed by atoms with Crippen molar-refractivity contribution in [2.75, 3.05) is 12.4 Å². The van der Waals surface area contributed by atoms with E-state index in [1.165, 1.54) is 23.1 Å². The van der Waals surface area contributed by atoms with Gasteiger partial charge in [0.25, 0.3) is 0 Å². The number of thioether (sulfide) groups is 1. The maximum absolute atomic E-state index is 12.8. The van der Waals surface area contributed by atoms with Crippen LogP contribution < -0.4 is 14.8 Å². The van der Waals surface area contributed by atoms with Crippen molar-refractivity contribution < 1.29 is 14.3 Å². The molecular weight excluding hydrogens is 446 g/mol. The van der Waals surface area contributed by atoms with E-state index in [0.717, 1.165) is 6.54 Å². The summed E-state index contributed by atoms with van der Waals surface area (Å²) in [6.45, 7) is 8.91. The first-order valence-corrected chi connectivity index (χ1v) is 12.3. The smallest absolute Gasteiger partial charge is 0.239 e. The molecule has 0 bridgehead atoms. The van der Waals surface area contributed by atoms with Crippen molar-refractivity contribution >= 4 is 34.1 Å². The molecule has 0 aliphatic rings. The average molecular weight is 476 g/mol. The monoisotopic (exact) mass is 475 g/mol. The van der Waals surface area contributed by atoms with Crippen LogP contribution in [0.3, 0.4) is 0 Å². The normalized spacial score (nSPS) is 13.1. The second kappa shape index (κ2) is 11.3. The average Bonchev–Trinajstić information content (AvgIpc) is 3.42. The molecule has 0 fully saturated rings. The van der Waals surface area contributed by atoms with Gasteiger partial charge in [0, 0.05) is 18.1 Å². The fourth-order valence-corrected chi connectivity index (χ4v) is 4.61. The van der Waals surface area contributed by atoms with Gasteiger partial charge in [-0.1, -0.05) is 44.7 Å². The van der Waals surface area contributed by atoms with Gasteiger partial charge in [-0.25, -0.2) is 4.98 Å². The van der Waals surface area contributed by atoms with Crippen LogP contribution in [-0.4, -0.2) is 38.0 Å². The van der Waals surface area contributed by atoms with Crippen LogP contribution in [0.15, 0.2) is 41.0 Å². The molecule has 8 nitrogen and oxygen atoms in total. The highest BCUT2D eigenvalue weighted by Crippen LogP contribution is 2.32. The van der Waals surface area contributed by atoms with Crippen molar-refractivity contribution in [2.45, 2.75) is 57.2 Å². The molecule has 1 N–H and O–H groups in total. The Morgan fingerprint density at radius 1 is 1.22 bits per heavy atom. The predicted octanol–water partition coefficient (Wildman–Crippen LogP) is 5.05. The number of amides is 1. The molecule has 3 aromatic rings. The molecule has 2 atom stereocenters. The number of rotatable bonds is 11. The number of hydrogen-bond acceptors (Lipinski definition) is 8. The fourth-order valence-electron chi connectivity index (χ4n) is 3.10. The van der Waals surface area contributed by atoms with Gasteiger partial charge in [0.05, 0.1) is 12.4 Å². The minimum absolute atomic E-state index is 0.0913. The summed E-state index contributed by atoms with van der Waals surface area (Å²) in [7, 11) is 1.62. The van der Waals surface area contributed by atoms with Crippen molar-refractivity contribution in [2.24, 2.45) is 5.92 Å². The number of nitrogens with one attached hydrogen (secondary N) is 1. The Labute approximate surface area is 196 Å². The molecular formula is C22H29N5O3S2. The number of methoxy groups -OCH3 is 1. The lowest BCUT2D eigenvalue weighted by Gasteiger charge is -2.20. The van der Waals surface area contributed by atoms with Crippen molar-refractivity contribution in [3.8, 4) is 11.5 Å². The first-order valence-electron chi connectivity index (χ1n) is 10.5. The van der Waals surface area contributed by atoms with E-state index >= 15 is 0 Å². The SMILES string of the molecule is CCC(Sc1nnc(C(C)Oc2ccccc2OC)n1CC(C)C)C(=O)Nc1nccs1. The zero-order valence-corrected chi connectivity index (χ0v) is 20.6. The fraction of sp³-hybridized carbons (Fsp3) is 0.455. The molecule has 3 rings (SSSR count). The molecule has 2 unspecified atom stereocenters. The highest BCUT2D eigenvalue weighted by atomic mass is 32.2. The van der Waals surface area contributed by atoms with Crippen LogP contribution >= 0.6 is 23.1 Å². The number of para-hydroxylation sites is 2. The minimum Gasteiger partial charge on any atom is -0.493 e. The minimum atomic E-state index is -0.351. The molecule has 2 aromatic heterocycles. The molecule has 2 heterocycles. The number of thiazole rings is 1.